The summed E-state index contributed by atoms with van der Waals surface area (Å²) in [6.45, 7) is 5.58. The lowest BCUT2D eigenvalue weighted by atomic mass is 9.79. The summed E-state index contributed by atoms with van der Waals surface area (Å²) in [7, 11) is 0. The molecule has 0 aromatic heterocycles. The smallest absolute Gasteiger partial charge is 0.224 e. The fourth-order valence-corrected chi connectivity index (χ4v) is 3.72. The summed E-state index contributed by atoms with van der Waals surface area (Å²) in [4.78, 5) is 14.7. The molecule has 1 atom stereocenters. The maximum atomic E-state index is 12.0. The normalized spacial score (nSPS) is 25.1. The van der Waals surface area contributed by atoms with Gasteiger partial charge in [0.15, 0.2) is 0 Å². The lowest BCUT2D eigenvalue weighted by molar-refractivity contribution is -0.125. The summed E-state index contributed by atoms with van der Waals surface area (Å²) in [5.41, 5.74) is 5.81. The molecule has 2 rings (SSSR count). The number of carbonyl (C=O) groups is 1. The number of nitrogens with two attached hydrogens (primary N) is 1. The second-order valence-corrected chi connectivity index (χ2v) is 6.69. The highest BCUT2D eigenvalue weighted by Crippen LogP contribution is 2.35. The van der Waals surface area contributed by atoms with Crippen molar-refractivity contribution in [2.24, 2.45) is 11.7 Å². The second kappa shape index (κ2) is 7.41. The molecule has 0 radical (unpaired) electrons. The molecule has 3 N–H and O–H groups in total. The van der Waals surface area contributed by atoms with Crippen molar-refractivity contribution in [3.05, 3.63) is 0 Å². The Balaban J connectivity index is 1.97. The van der Waals surface area contributed by atoms with Crippen LogP contribution >= 0.6 is 0 Å². The van der Waals surface area contributed by atoms with Gasteiger partial charge in [0.25, 0.3) is 0 Å². The van der Waals surface area contributed by atoms with E-state index in [0.717, 1.165) is 6.54 Å². The van der Waals surface area contributed by atoms with Gasteiger partial charge in [-0.3, -0.25) is 9.69 Å². The van der Waals surface area contributed by atoms with Crippen LogP contribution in [0.4, 0.5) is 0 Å². The molecule has 0 aromatic rings. The van der Waals surface area contributed by atoms with E-state index in [1.807, 2.05) is 6.92 Å². The molecule has 2 aliphatic rings. The van der Waals surface area contributed by atoms with Crippen LogP contribution in [0.3, 0.4) is 0 Å². The third-order valence-corrected chi connectivity index (χ3v) is 5.20. The summed E-state index contributed by atoms with van der Waals surface area (Å²) in [6, 6.07) is 0. The van der Waals surface area contributed by atoms with Crippen LogP contribution < -0.4 is 11.1 Å². The standard InChI is InChI=1S/C16H31N3O/c1-14(12-17)15(20)18-13-16(8-4-2-5-9-16)19-10-6-3-7-11-19/h14H,2-13,17H2,1H3,(H,18,20). The highest BCUT2D eigenvalue weighted by molar-refractivity contribution is 5.78. The first-order valence-corrected chi connectivity index (χ1v) is 8.41. The van der Waals surface area contributed by atoms with Crippen LogP contribution in [0.25, 0.3) is 0 Å². The number of carbonyl (C=O) groups excluding carboxylic acids is 1. The molecule has 1 amide bonds. The summed E-state index contributed by atoms with van der Waals surface area (Å²) in [5.74, 6) is 0.0476. The minimum absolute atomic E-state index is 0.0722. The zero-order chi connectivity index (χ0) is 14.4. The van der Waals surface area contributed by atoms with E-state index in [2.05, 4.69) is 10.2 Å². The Bertz CT molecular complexity index is 307. The molecular weight excluding hydrogens is 250 g/mol. The van der Waals surface area contributed by atoms with Crippen LogP contribution in [0.1, 0.15) is 58.3 Å². The molecule has 1 heterocycles. The van der Waals surface area contributed by atoms with E-state index in [1.54, 1.807) is 0 Å². The molecule has 1 aliphatic carbocycles. The van der Waals surface area contributed by atoms with Gasteiger partial charge in [0.05, 0.1) is 0 Å². The predicted molar refractivity (Wildman–Crippen MR) is 82.5 cm³/mol. The molecule has 2 fully saturated rings. The first kappa shape index (κ1) is 15.8. The monoisotopic (exact) mass is 281 g/mol. The van der Waals surface area contributed by atoms with Gasteiger partial charge in [0.2, 0.25) is 5.91 Å². The number of piperidine rings is 1. The van der Waals surface area contributed by atoms with E-state index in [1.165, 1.54) is 64.5 Å². The summed E-state index contributed by atoms with van der Waals surface area (Å²) < 4.78 is 0. The van der Waals surface area contributed by atoms with Crippen molar-refractivity contribution in [3.63, 3.8) is 0 Å². The first-order chi connectivity index (χ1) is 9.68. The van der Waals surface area contributed by atoms with E-state index >= 15 is 0 Å². The molecule has 0 aromatic carbocycles. The fraction of sp³-hybridized carbons (Fsp3) is 0.938. The van der Waals surface area contributed by atoms with Gasteiger partial charge < -0.3 is 11.1 Å². The molecule has 0 spiro atoms. The fourth-order valence-electron chi connectivity index (χ4n) is 3.72. The quantitative estimate of drug-likeness (QED) is 0.809. The largest absolute Gasteiger partial charge is 0.354 e. The van der Waals surface area contributed by atoms with Gasteiger partial charge in [-0.2, -0.15) is 0 Å². The summed E-state index contributed by atoms with van der Waals surface area (Å²) >= 11 is 0. The van der Waals surface area contributed by atoms with Crippen LogP contribution in [-0.2, 0) is 4.79 Å². The SMILES string of the molecule is CC(CN)C(=O)NCC1(N2CCCCC2)CCCCC1. The van der Waals surface area contributed by atoms with Crippen molar-refractivity contribution >= 4 is 5.91 Å². The molecule has 4 nitrogen and oxygen atoms in total. The number of likely N-dealkylation sites (tertiary alicyclic amines) is 1. The van der Waals surface area contributed by atoms with Gasteiger partial charge in [-0.15, -0.1) is 0 Å². The zero-order valence-electron chi connectivity index (χ0n) is 13.0. The Kier molecular flexibility index (Phi) is 5.85. The van der Waals surface area contributed by atoms with E-state index in [4.69, 9.17) is 5.73 Å². The van der Waals surface area contributed by atoms with E-state index < -0.39 is 0 Å². The molecular formula is C16H31N3O. The highest BCUT2D eigenvalue weighted by Gasteiger charge is 2.38. The van der Waals surface area contributed by atoms with Crippen molar-refractivity contribution in [2.45, 2.75) is 63.8 Å². The number of nitrogens with one attached hydrogen (secondary N) is 1. The number of hydrogen-bond donors (Lipinski definition) is 2. The van der Waals surface area contributed by atoms with Crippen LogP contribution in [-0.4, -0.2) is 42.5 Å². The third-order valence-electron chi connectivity index (χ3n) is 5.20. The van der Waals surface area contributed by atoms with Crippen molar-refractivity contribution in [2.75, 3.05) is 26.2 Å². The van der Waals surface area contributed by atoms with Crippen molar-refractivity contribution in [1.82, 2.24) is 10.2 Å². The summed E-state index contributed by atoms with van der Waals surface area (Å²) in [5, 5.41) is 3.18. The lowest BCUT2D eigenvalue weighted by Gasteiger charge is -2.48. The number of rotatable bonds is 5. The van der Waals surface area contributed by atoms with Crippen LogP contribution in [0.5, 0.6) is 0 Å². The van der Waals surface area contributed by atoms with Gasteiger partial charge in [-0.1, -0.05) is 32.6 Å². The average molecular weight is 281 g/mol. The Morgan fingerprint density at radius 3 is 2.35 bits per heavy atom. The Morgan fingerprint density at radius 2 is 1.75 bits per heavy atom. The summed E-state index contributed by atoms with van der Waals surface area (Å²) in [6.07, 6.45) is 10.4. The number of nitrogens with zero attached hydrogens (tertiary/aromatic N) is 1. The molecule has 0 bridgehead atoms. The van der Waals surface area contributed by atoms with Crippen molar-refractivity contribution in [1.29, 1.82) is 0 Å². The molecule has 1 saturated heterocycles. The molecule has 1 unspecified atom stereocenters. The molecule has 116 valence electrons. The number of amides is 1. The van der Waals surface area contributed by atoms with Gasteiger partial charge in [0, 0.05) is 24.5 Å². The molecule has 20 heavy (non-hydrogen) atoms. The van der Waals surface area contributed by atoms with E-state index in [-0.39, 0.29) is 17.4 Å². The van der Waals surface area contributed by atoms with E-state index in [0.29, 0.717) is 6.54 Å². The van der Waals surface area contributed by atoms with Gasteiger partial charge in [-0.25, -0.2) is 0 Å². The Labute approximate surface area is 123 Å². The minimum Gasteiger partial charge on any atom is -0.354 e. The predicted octanol–water partition coefficient (Wildman–Crippen LogP) is 1.89. The lowest BCUT2D eigenvalue weighted by Crippen LogP contribution is -2.58. The van der Waals surface area contributed by atoms with E-state index in [9.17, 15) is 4.79 Å². The molecule has 1 saturated carbocycles. The topological polar surface area (TPSA) is 58.4 Å². The van der Waals surface area contributed by atoms with Gasteiger partial charge in [-0.05, 0) is 38.8 Å². The minimum atomic E-state index is -0.0722. The molecule has 1 aliphatic heterocycles. The zero-order valence-corrected chi connectivity index (χ0v) is 13.0. The van der Waals surface area contributed by atoms with Crippen LogP contribution in [0, 0.1) is 5.92 Å². The highest BCUT2D eigenvalue weighted by atomic mass is 16.1. The maximum Gasteiger partial charge on any atom is 0.224 e. The van der Waals surface area contributed by atoms with Crippen molar-refractivity contribution in [3.8, 4) is 0 Å². The Hall–Kier alpha value is -0.610. The average Bonchev–Trinajstić information content (AvgIpc) is 2.53. The Morgan fingerprint density at radius 1 is 1.15 bits per heavy atom. The van der Waals surface area contributed by atoms with Crippen LogP contribution in [0.2, 0.25) is 0 Å². The first-order valence-electron chi connectivity index (χ1n) is 8.41. The number of hydrogen-bond acceptors (Lipinski definition) is 3. The third kappa shape index (κ3) is 3.73. The molecule has 4 heteroatoms. The maximum absolute atomic E-state index is 12.0. The second-order valence-electron chi connectivity index (χ2n) is 6.69. The van der Waals surface area contributed by atoms with Crippen LogP contribution in [0.15, 0.2) is 0 Å². The van der Waals surface area contributed by atoms with Gasteiger partial charge >= 0.3 is 0 Å². The van der Waals surface area contributed by atoms with Gasteiger partial charge in [0.1, 0.15) is 0 Å². The van der Waals surface area contributed by atoms with Crippen molar-refractivity contribution < 1.29 is 4.79 Å².